The third kappa shape index (κ3) is 3.46. The number of thiazole rings is 1. The van der Waals surface area contributed by atoms with Crippen molar-refractivity contribution >= 4 is 16.5 Å². The number of rotatable bonds is 7. The first-order chi connectivity index (χ1) is 9.30. The van der Waals surface area contributed by atoms with Crippen molar-refractivity contribution in [2.75, 3.05) is 38.3 Å². The van der Waals surface area contributed by atoms with Crippen LogP contribution in [-0.2, 0) is 11.2 Å². The predicted molar refractivity (Wildman–Crippen MR) is 81.2 cm³/mol. The van der Waals surface area contributed by atoms with Crippen LogP contribution in [0.2, 0.25) is 0 Å². The van der Waals surface area contributed by atoms with Crippen LogP contribution in [0.15, 0.2) is 0 Å². The lowest BCUT2D eigenvalue weighted by Crippen LogP contribution is -2.26. The molecule has 1 aliphatic rings. The lowest BCUT2D eigenvalue weighted by atomic mass is 9.98. The van der Waals surface area contributed by atoms with Crippen molar-refractivity contribution in [3.05, 3.63) is 10.6 Å². The first-order valence-electron chi connectivity index (χ1n) is 7.27. The second-order valence-electron chi connectivity index (χ2n) is 4.88. The molecule has 1 N–H and O–H groups in total. The molecule has 5 heteroatoms. The average Bonchev–Trinajstić information content (AvgIpc) is 2.85. The minimum absolute atomic E-state index is 0.515. The maximum absolute atomic E-state index is 5.18. The lowest BCUT2D eigenvalue weighted by molar-refractivity contribution is 0.205. The molecule has 0 radical (unpaired) electrons. The second-order valence-corrected chi connectivity index (χ2v) is 5.89. The van der Waals surface area contributed by atoms with Gasteiger partial charge in [0.25, 0.3) is 0 Å². The SMILES string of the molecule is CCNC1CCCc2nc(N(CC)CCOC)sc21. The number of anilines is 1. The zero-order valence-corrected chi connectivity index (χ0v) is 13.1. The number of hydrogen-bond acceptors (Lipinski definition) is 5. The van der Waals surface area contributed by atoms with Gasteiger partial charge in [0.05, 0.1) is 12.3 Å². The Morgan fingerprint density at radius 2 is 2.32 bits per heavy atom. The Labute approximate surface area is 120 Å². The van der Waals surface area contributed by atoms with Gasteiger partial charge in [0, 0.05) is 31.1 Å². The van der Waals surface area contributed by atoms with E-state index in [1.54, 1.807) is 7.11 Å². The number of ether oxygens (including phenoxy) is 1. The van der Waals surface area contributed by atoms with Crippen molar-refractivity contribution in [1.29, 1.82) is 0 Å². The fraction of sp³-hybridized carbons (Fsp3) is 0.786. The minimum Gasteiger partial charge on any atom is -0.383 e. The Bertz CT molecular complexity index is 394. The molecule has 0 amide bonds. The molecule has 0 aromatic carbocycles. The van der Waals surface area contributed by atoms with Crippen molar-refractivity contribution in [1.82, 2.24) is 10.3 Å². The molecular weight excluding hydrogens is 258 g/mol. The van der Waals surface area contributed by atoms with Crippen LogP contribution < -0.4 is 10.2 Å². The molecule has 1 atom stereocenters. The Morgan fingerprint density at radius 3 is 3.00 bits per heavy atom. The van der Waals surface area contributed by atoms with Gasteiger partial charge in [-0.25, -0.2) is 4.98 Å². The summed E-state index contributed by atoms with van der Waals surface area (Å²) in [7, 11) is 1.75. The Balaban J connectivity index is 2.15. The quantitative estimate of drug-likeness (QED) is 0.834. The molecule has 108 valence electrons. The van der Waals surface area contributed by atoms with E-state index in [4.69, 9.17) is 9.72 Å². The molecule has 0 bridgehead atoms. The molecule has 1 aliphatic carbocycles. The van der Waals surface area contributed by atoms with Crippen molar-refractivity contribution in [3.63, 3.8) is 0 Å². The molecule has 1 unspecified atom stereocenters. The highest BCUT2D eigenvalue weighted by Crippen LogP contribution is 2.37. The highest BCUT2D eigenvalue weighted by molar-refractivity contribution is 7.15. The number of nitrogens with one attached hydrogen (secondary N) is 1. The van der Waals surface area contributed by atoms with E-state index in [1.165, 1.54) is 23.4 Å². The molecule has 1 heterocycles. The van der Waals surface area contributed by atoms with Crippen LogP contribution in [0, 0.1) is 0 Å². The fourth-order valence-electron chi connectivity index (χ4n) is 2.57. The second kappa shape index (κ2) is 7.22. The normalized spacial score (nSPS) is 18.4. The van der Waals surface area contributed by atoms with Gasteiger partial charge in [-0.1, -0.05) is 18.3 Å². The summed E-state index contributed by atoms with van der Waals surface area (Å²) in [6.07, 6.45) is 3.63. The van der Waals surface area contributed by atoms with E-state index in [1.807, 2.05) is 11.3 Å². The van der Waals surface area contributed by atoms with Gasteiger partial charge in [-0.2, -0.15) is 0 Å². The van der Waals surface area contributed by atoms with E-state index >= 15 is 0 Å². The molecular formula is C14H25N3OS. The molecule has 0 aliphatic heterocycles. The van der Waals surface area contributed by atoms with Crippen LogP contribution in [0.25, 0.3) is 0 Å². The number of hydrogen-bond donors (Lipinski definition) is 1. The molecule has 19 heavy (non-hydrogen) atoms. The van der Waals surface area contributed by atoms with Crippen LogP contribution >= 0.6 is 11.3 Å². The van der Waals surface area contributed by atoms with Gasteiger partial charge in [-0.05, 0) is 32.7 Å². The molecule has 0 saturated heterocycles. The standard InChI is InChI=1S/C14H25N3OS/c1-4-15-11-7-6-8-12-13(11)19-14(16-12)17(5-2)9-10-18-3/h11,15H,4-10H2,1-3H3. The fourth-order valence-corrected chi connectivity index (χ4v) is 3.88. The van der Waals surface area contributed by atoms with Crippen molar-refractivity contribution in [2.24, 2.45) is 0 Å². The van der Waals surface area contributed by atoms with Gasteiger partial charge >= 0.3 is 0 Å². The van der Waals surface area contributed by atoms with Gasteiger partial charge in [0.1, 0.15) is 0 Å². The predicted octanol–water partition coefficient (Wildman–Crippen LogP) is 2.60. The third-order valence-corrected chi connectivity index (χ3v) is 4.88. The zero-order chi connectivity index (χ0) is 13.7. The summed E-state index contributed by atoms with van der Waals surface area (Å²) in [4.78, 5) is 8.63. The van der Waals surface area contributed by atoms with Crippen LogP contribution in [0.5, 0.6) is 0 Å². The van der Waals surface area contributed by atoms with Crippen molar-refractivity contribution in [3.8, 4) is 0 Å². The first-order valence-corrected chi connectivity index (χ1v) is 8.08. The maximum atomic E-state index is 5.18. The molecule has 4 nitrogen and oxygen atoms in total. The molecule has 2 rings (SSSR count). The Hall–Kier alpha value is -0.650. The minimum atomic E-state index is 0.515. The first kappa shape index (κ1) is 14.8. The van der Waals surface area contributed by atoms with E-state index < -0.39 is 0 Å². The van der Waals surface area contributed by atoms with Crippen molar-refractivity contribution < 1.29 is 4.74 Å². The average molecular weight is 283 g/mol. The molecule has 1 aromatic rings. The zero-order valence-electron chi connectivity index (χ0n) is 12.2. The summed E-state index contributed by atoms with van der Waals surface area (Å²) < 4.78 is 5.18. The molecule has 0 fully saturated rings. The van der Waals surface area contributed by atoms with Gasteiger partial charge in [-0.3, -0.25) is 0 Å². The smallest absolute Gasteiger partial charge is 0.185 e. The molecule has 0 saturated carbocycles. The van der Waals surface area contributed by atoms with E-state index in [-0.39, 0.29) is 0 Å². The highest BCUT2D eigenvalue weighted by atomic mass is 32.1. The molecule has 0 spiro atoms. The van der Waals surface area contributed by atoms with Gasteiger partial charge in [-0.15, -0.1) is 0 Å². The van der Waals surface area contributed by atoms with E-state index in [0.29, 0.717) is 6.04 Å². The van der Waals surface area contributed by atoms with Gasteiger partial charge < -0.3 is 15.0 Å². The third-order valence-electron chi connectivity index (χ3n) is 3.61. The number of methoxy groups -OCH3 is 1. The number of aryl methyl sites for hydroxylation is 1. The molecule has 1 aromatic heterocycles. The van der Waals surface area contributed by atoms with Crippen LogP contribution in [-0.4, -0.2) is 38.3 Å². The van der Waals surface area contributed by atoms with E-state index in [2.05, 4.69) is 24.1 Å². The number of fused-ring (bicyclic) bond motifs is 1. The summed E-state index contributed by atoms with van der Waals surface area (Å²) in [5.74, 6) is 0. The van der Waals surface area contributed by atoms with Gasteiger partial charge in [0.2, 0.25) is 0 Å². The summed E-state index contributed by atoms with van der Waals surface area (Å²) >= 11 is 1.86. The summed E-state index contributed by atoms with van der Waals surface area (Å²) in [5, 5.41) is 4.74. The van der Waals surface area contributed by atoms with E-state index in [0.717, 1.165) is 37.8 Å². The van der Waals surface area contributed by atoms with Crippen LogP contribution in [0.3, 0.4) is 0 Å². The summed E-state index contributed by atoms with van der Waals surface area (Å²) in [6, 6.07) is 0.515. The van der Waals surface area contributed by atoms with Crippen LogP contribution in [0.1, 0.15) is 43.3 Å². The number of likely N-dealkylation sites (N-methyl/N-ethyl adjacent to an activating group) is 1. The van der Waals surface area contributed by atoms with E-state index in [9.17, 15) is 0 Å². The summed E-state index contributed by atoms with van der Waals surface area (Å²) in [5.41, 5.74) is 1.31. The lowest BCUT2D eigenvalue weighted by Gasteiger charge is -2.21. The topological polar surface area (TPSA) is 37.4 Å². The summed E-state index contributed by atoms with van der Waals surface area (Å²) in [6.45, 7) is 8.05. The number of nitrogens with zero attached hydrogens (tertiary/aromatic N) is 2. The van der Waals surface area contributed by atoms with Crippen LogP contribution in [0.4, 0.5) is 5.13 Å². The Morgan fingerprint density at radius 1 is 1.47 bits per heavy atom. The van der Waals surface area contributed by atoms with Gasteiger partial charge in [0.15, 0.2) is 5.13 Å². The van der Waals surface area contributed by atoms with Crippen molar-refractivity contribution in [2.45, 2.75) is 39.2 Å². The Kier molecular flexibility index (Phi) is 5.60. The highest BCUT2D eigenvalue weighted by Gasteiger charge is 2.25. The monoisotopic (exact) mass is 283 g/mol. The largest absolute Gasteiger partial charge is 0.383 e. The number of aromatic nitrogens is 1. The maximum Gasteiger partial charge on any atom is 0.185 e.